The first-order chi connectivity index (χ1) is 9.04. The van der Waals surface area contributed by atoms with Gasteiger partial charge in [0.05, 0.1) is 11.8 Å². The number of rotatable bonds is 4. The van der Waals surface area contributed by atoms with Crippen molar-refractivity contribution in [2.24, 2.45) is 5.10 Å². The number of aromatic carboxylic acids is 1. The minimum atomic E-state index is -0.964. The second kappa shape index (κ2) is 5.97. The van der Waals surface area contributed by atoms with E-state index in [2.05, 4.69) is 38.1 Å². The lowest BCUT2D eigenvalue weighted by Gasteiger charge is -1.99. The summed E-state index contributed by atoms with van der Waals surface area (Å²) in [6.45, 7) is 0. The summed E-state index contributed by atoms with van der Waals surface area (Å²) in [7, 11) is 0. The van der Waals surface area contributed by atoms with Crippen molar-refractivity contribution in [3.05, 3.63) is 38.3 Å². The van der Waals surface area contributed by atoms with E-state index >= 15 is 0 Å². The Labute approximate surface area is 126 Å². The van der Waals surface area contributed by atoms with Crippen molar-refractivity contribution in [1.29, 1.82) is 0 Å². The number of nitrogen functional groups attached to an aromatic ring is 1. The summed E-state index contributed by atoms with van der Waals surface area (Å²) in [6.07, 6.45) is 1.53. The number of hydrazone groups is 1. The van der Waals surface area contributed by atoms with Crippen LogP contribution in [0.4, 0.5) is 10.9 Å². The fourth-order valence-corrected chi connectivity index (χ4v) is 2.55. The Bertz CT molecular complexity index is 641. The van der Waals surface area contributed by atoms with Gasteiger partial charge in [0.1, 0.15) is 5.82 Å². The molecule has 0 atom stereocenters. The number of aromatic nitrogens is 1. The number of nitrogens with zero attached hydrogens (tertiary/aromatic N) is 2. The van der Waals surface area contributed by atoms with Gasteiger partial charge in [0.25, 0.3) is 0 Å². The normalized spacial score (nSPS) is 10.8. The molecule has 2 aromatic rings. The highest BCUT2D eigenvalue weighted by atomic mass is 127. The number of anilines is 2. The number of carboxylic acids is 1. The van der Waals surface area contributed by atoms with Gasteiger partial charge in [0, 0.05) is 8.95 Å². The average molecular weight is 388 g/mol. The second-order valence-electron chi connectivity index (χ2n) is 3.53. The molecule has 1 aromatic heterocycles. The number of nitrogens with one attached hydrogen (secondary N) is 1. The molecule has 1 heterocycles. The Hall–Kier alpha value is -1.68. The van der Waals surface area contributed by atoms with Crippen molar-refractivity contribution in [1.82, 2.24) is 4.98 Å². The van der Waals surface area contributed by atoms with E-state index in [1.54, 1.807) is 17.5 Å². The summed E-state index contributed by atoms with van der Waals surface area (Å²) in [5.41, 5.74) is 9.13. The van der Waals surface area contributed by atoms with E-state index in [-0.39, 0.29) is 5.56 Å². The maximum Gasteiger partial charge on any atom is 0.335 e. The molecule has 4 N–H and O–H groups in total. The number of benzene rings is 1. The Morgan fingerprint density at radius 3 is 2.95 bits per heavy atom. The van der Waals surface area contributed by atoms with Gasteiger partial charge >= 0.3 is 5.97 Å². The maximum absolute atomic E-state index is 10.9. The fourth-order valence-electron chi connectivity index (χ4n) is 1.31. The molecule has 0 amide bonds. The number of carbonyl (C=O) groups is 1. The topological polar surface area (TPSA) is 101 Å². The van der Waals surface area contributed by atoms with Crippen molar-refractivity contribution >= 4 is 57.1 Å². The Balaban J connectivity index is 2.12. The van der Waals surface area contributed by atoms with Crippen LogP contribution < -0.4 is 11.2 Å². The first kappa shape index (κ1) is 13.7. The molecule has 0 spiro atoms. The van der Waals surface area contributed by atoms with Crippen molar-refractivity contribution in [3.63, 3.8) is 0 Å². The summed E-state index contributed by atoms with van der Waals surface area (Å²) in [5.74, 6) is -0.529. The highest BCUT2D eigenvalue weighted by Gasteiger charge is 2.04. The van der Waals surface area contributed by atoms with Crippen LogP contribution >= 0.6 is 33.9 Å². The van der Waals surface area contributed by atoms with Gasteiger partial charge in [-0.1, -0.05) is 0 Å². The zero-order chi connectivity index (χ0) is 13.8. The molecule has 0 bridgehead atoms. The summed E-state index contributed by atoms with van der Waals surface area (Å²) in [4.78, 5) is 14.9. The monoisotopic (exact) mass is 388 g/mol. The van der Waals surface area contributed by atoms with Crippen molar-refractivity contribution in [3.8, 4) is 0 Å². The van der Waals surface area contributed by atoms with Crippen molar-refractivity contribution in [2.75, 3.05) is 11.2 Å². The molecule has 8 heteroatoms. The van der Waals surface area contributed by atoms with E-state index < -0.39 is 5.97 Å². The molecule has 1 aromatic carbocycles. The largest absolute Gasteiger partial charge is 0.478 e. The summed E-state index contributed by atoms with van der Waals surface area (Å²) in [5, 5.41) is 15.2. The molecule has 0 radical (unpaired) electrons. The third-order valence-corrected chi connectivity index (χ3v) is 3.45. The first-order valence-corrected chi connectivity index (χ1v) is 7.04. The molecule has 2 rings (SSSR count). The lowest BCUT2D eigenvalue weighted by atomic mass is 10.1. The molecule has 0 fully saturated rings. The van der Waals surface area contributed by atoms with Crippen LogP contribution in [-0.2, 0) is 0 Å². The third kappa shape index (κ3) is 3.89. The Morgan fingerprint density at radius 1 is 1.53 bits per heavy atom. The highest BCUT2D eigenvalue weighted by molar-refractivity contribution is 14.1. The molecule has 98 valence electrons. The molecule has 19 heavy (non-hydrogen) atoms. The third-order valence-electron chi connectivity index (χ3n) is 2.06. The highest BCUT2D eigenvalue weighted by Crippen LogP contribution is 2.16. The fraction of sp³-hybridized carbons (Fsp3) is 0. The van der Waals surface area contributed by atoms with Gasteiger partial charge in [-0.15, -0.1) is 11.3 Å². The van der Waals surface area contributed by atoms with Gasteiger partial charge in [-0.25, -0.2) is 9.78 Å². The van der Waals surface area contributed by atoms with E-state index in [0.29, 0.717) is 16.5 Å². The van der Waals surface area contributed by atoms with Gasteiger partial charge in [0.15, 0.2) is 0 Å². The quantitative estimate of drug-likeness (QED) is 0.425. The zero-order valence-electron chi connectivity index (χ0n) is 9.50. The second-order valence-corrected chi connectivity index (χ2v) is 5.63. The number of hydrogen-bond acceptors (Lipinski definition) is 6. The molecule has 0 aliphatic carbocycles. The zero-order valence-corrected chi connectivity index (χ0v) is 12.5. The summed E-state index contributed by atoms with van der Waals surface area (Å²) in [6, 6.07) is 4.97. The van der Waals surface area contributed by atoms with Crippen LogP contribution in [0, 0.1) is 3.57 Å². The molecule has 0 aliphatic rings. The lowest BCUT2D eigenvalue weighted by Crippen LogP contribution is -1.99. The minimum Gasteiger partial charge on any atom is -0.478 e. The average Bonchev–Trinajstić information content (AvgIpc) is 2.74. The van der Waals surface area contributed by atoms with E-state index in [1.807, 2.05) is 6.07 Å². The molecular weight excluding hydrogens is 379 g/mol. The van der Waals surface area contributed by atoms with Crippen LogP contribution in [0.25, 0.3) is 0 Å². The molecule has 6 nitrogen and oxygen atoms in total. The molecule has 0 saturated carbocycles. The molecule has 0 unspecified atom stereocenters. The van der Waals surface area contributed by atoms with E-state index in [4.69, 9.17) is 10.8 Å². The molecule has 0 saturated heterocycles. The number of nitrogens with two attached hydrogens (primary N) is 1. The van der Waals surface area contributed by atoms with Gasteiger partial charge in [-0.05, 0) is 46.4 Å². The predicted molar refractivity (Wildman–Crippen MR) is 83.9 cm³/mol. The Morgan fingerprint density at radius 2 is 2.32 bits per heavy atom. The van der Waals surface area contributed by atoms with Crippen LogP contribution in [0.15, 0.2) is 28.7 Å². The van der Waals surface area contributed by atoms with Crippen molar-refractivity contribution in [2.45, 2.75) is 0 Å². The van der Waals surface area contributed by atoms with Gasteiger partial charge < -0.3 is 10.8 Å². The number of thiazole rings is 1. The Kier molecular flexibility index (Phi) is 4.32. The van der Waals surface area contributed by atoms with Crippen LogP contribution in [-0.4, -0.2) is 22.3 Å². The lowest BCUT2D eigenvalue weighted by molar-refractivity contribution is 0.0697. The van der Waals surface area contributed by atoms with Crippen LogP contribution in [0.2, 0.25) is 0 Å². The predicted octanol–water partition coefficient (Wildman–Crippen LogP) is 2.47. The standard InChI is InChI=1S/C11H9IN4O2S/c12-8-2-6(1-7(3-8)10(17)18)4-14-16-11-15-9(13)5-19-11/h1-5H,13H2,(H,15,16)(H,17,18). The van der Waals surface area contributed by atoms with Gasteiger partial charge in [-0.3, -0.25) is 5.43 Å². The number of carboxylic acid groups (broad SMARTS) is 1. The summed E-state index contributed by atoms with van der Waals surface area (Å²) >= 11 is 3.40. The van der Waals surface area contributed by atoms with Crippen molar-refractivity contribution < 1.29 is 9.90 Å². The molecular formula is C11H9IN4O2S. The van der Waals surface area contributed by atoms with E-state index in [0.717, 1.165) is 3.57 Å². The van der Waals surface area contributed by atoms with Crippen LogP contribution in [0.1, 0.15) is 15.9 Å². The number of halogens is 1. The SMILES string of the molecule is Nc1csc(NN=Cc2cc(I)cc(C(=O)O)c2)n1. The maximum atomic E-state index is 10.9. The van der Waals surface area contributed by atoms with Gasteiger partial charge in [-0.2, -0.15) is 5.10 Å². The smallest absolute Gasteiger partial charge is 0.335 e. The van der Waals surface area contributed by atoms with E-state index in [1.165, 1.54) is 17.6 Å². The van der Waals surface area contributed by atoms with Crippen LogP contribution in [0.3, 0.4) is 0 Å². The first-order valence-electron chi connectivity index (χ1n) is 5.08. The number of hydrogen-bond donors (Lipinski definition) is 3. The minimum absolute atomic E-state index is 0.229. The van der Waals surface area contributed by atoms with Crippen LogP contribution in [0.5, 0.6) is 0 Å². The molecule has 0 aliphatic heterocycles. The summed E-state index contributed by atoms with van der Waals surface area (Å²) < 4.78 is 0.831. The van der Waals surface area contributed by atoms with Gasteiger partial charge in [0.2, 0.25) is 5.13 Å². The van der Waals surface area contributed by atoms with E-state index in [9.17, 15) is 4.79 Å².